The fourth-order valence-corrected chi connectivity index (χ4v) is 1.45. The van der Waals surface area contributed by atoms with Crippen LogP contribution in [0.3, 0.4) is 0 Å². The van der Waals surface area contributed by atoms with Gasteiger partial charge in [0.25, 0.3) is 0 Å². The highest BCUT2D eigenvalue weighted by molar-refractivity contribution is 5.53. The van der Waals surface area contributed by atoms with E-state index in [4.69, 9.17) is 0 Å². The molecule has 1 aromatic heterocycles. The van der Waals surface area contributed by atoms with Crippen molar-refractivity contribution in [1.82, 2.24) is 4.98 Å². The van der Waals surface area contributed by atoms with E-state index in [-0.39, 0.29) is 5.56 Å². The first-order valence-corrected chi connectivity index (χ1v) is 3.82. The van der Waals surface area contributed by atoms with E-state index in [1.807, 2.05) is 0 Å². The third-order valence-corrected chi connectivity index (χ3v) is 2.05. The Morgan fingerprint density at radius 1 is 1.62 bits per heavy atom. The third kappa shape index (κ3) is 1.16. The van der Waals surface area contributed by atoms with Gasteiger partial charge in [-0.1, -0.05) is 5.01 Å². The van der Waals surface area contributed by atoms with Crippen molar-refractivity contribution in [1.29, 1.82) is 0 Å². The number of fused-ring (bicyclic) bond motifs is 1. The second kappa shape index (κ2) is 2.58. The van der Waals surface area contributed by atoms with Crippen LogP contribution in [0.1, 0.15) is 5.56 Å². The molecule has 1 aliphatic rings. The van der Waals surface area contributed by atoms with Crippen LogP contribution in [0.2, 0.25) is 0 Å². The first-order chi connectivity index (χ1) is 6.18. The predicted octanol–water partition coefficient (Wildman–Crippen LogP) is -0.0709. The monoisotopic (exact) mass is 181 g/mol. The number of aromatic amines is 1. The number of anilines is 1. The molecule has 13 heavy (non-hydrogen) atoms. The molecule has 0 radical (unpaired) electrons. The summed E-state index contributed by atoms with van der Waals surface area (Å²) in [5, 5.41) is 11.0. The molecule has 0 saturated carbocycles. The summed E-state index contributed by atoms with van der Waals surface area (Å²) >= 11 is 0. The van der Waals surface area contributed by atoms with Crippen molar-refractivity contribution in [3.05, 3.63) is 38.3 Å². The van der Waals surface area contributed by atoms with Gasteiger partial charge in [0.1, 0.15) is 5.69 Å². The summed E-state index contributed by atoms with van der Waals surface area (Å²) in [4.78, 5) is 23.9. The molecule has 1 aliphatic heterocycles. The van der Waals surface area contributed by atoms with E-state index in [2.05, 4.69) is 4.98 Å². The Hall–Kier alpha value is -1.85. The summed E-state index contributed by atoms with van der Waals surface area (Å²) in [6.45, 7) is 0.333. The van der Waals surface area contributed by atoms with Crippen molar-refractivity contribution < 1.29 is 5.03 Å². The zero-order valence-corrected chi connectivity index (χ0v) is 6.69. The number of nitrogens with one attached hydrogen (secondary N) is 1. The first kappa shape index (κ1) is 7.78. The van der Waals surface area contributed by atoms with Gasteiger partial charge in [-0.25, -0.2) is 10.1 Å². The smallest absolute Gasteiger partial charge is 0.250 e. The third-order valence-electron chi connectivity index (χ3n) is 2.05. The fraction of sp³-hybridized carbons (Fsp3) is 0.286. The summed E-state index contributed by atoms with van der Waals surface area (Å²) in [7, 11) is 0. The molecule has 2 rings (SSSR count). The Bertz CT molecular complexity index is 412. The van der Waals surface area contributed by atoms with E-state index in [1.165, 1.54) is 12.3 Å². The number of hydrogen-bond donors (Lipinski definition) is 1. The van der Waals surface area contributed by atoms with Crippen molar-refractivity contribution in [2.75, 3.05) is 11.6 Å². The van der Waals surface area contributed by atoms with Gasteiger partial charge in [-0.3, -0.25) is 4.79 Å². The van der Waals surface area contributed by atoms with E-state index >= 15 is 0 Å². The van der Waals surface area contributed by atoms with E-state index in [0.29, 0.717) is 18.7 Å². The highest BCUT2D eigenvalue weighted by Crippen LogP contribution is 2.24. The topological polar surface area (TPSA) is 79.2 Å². The molecule has 0 bridgehead atoms. The average molecular weight is 181 g/mol. The maximum Gasteiger partial charge on any atom is 0.250 e. The van der Waals surface area contributed by atoms with Crippen LogP contribution < -0.4 is 10.6 Å². The van der Waals surface area contributed by atoms with E-state index < -0.39 is 5.03 Å². The largest absolute Gasteiger partial charge is 0.329 e. The molecule has 0 saturated heterocycles. The van der Waals surface area contributed by atoms with Crippen molar-refractivity contribution in [3.63, 3.8) is 0 Å². The summed E-state index contributed by atoms with van der Waals surface area (Å²) in [5.74, 6) is 0. The maximum atomic E-state index is 10.9. The van der Waals surface area contributed by atoms with Gasteiger partial charge in [0.05, 0.1) is 6.54 Å². The lowest BCUT2D eigenvalue weighted by molar-refractivity contribution is -0.493. The lowest BCUT2D eigenvalue weighted by atomic mass is 10.2. The normalized spacial score (nSPS) is 14.3. The van der Waals surface area contributed by atoms with Crippen LogP contribution in [0, 0.1) is 10.1 Å². The average Bonchev–Trinajstić information content (AvgIpc) is 2.46. The standard InChI is InChI=1S/C7H7N3O3/c11-7-3-6-5(4-8-7)1-2-9(6)10(12)13/h3-4H,1-2H2,(H,8,11). The zero-order chi connectivity index (χ0) is 9.42. The molecule has 0 aromatic carbocycles. The molecular weight excluding hydrogens is 174 g/mol. The number of pyridine rings is 1. The first-order valence-electron chi connectivity index (χ1n) is 3.82. The number of hydrogen-bond acceptors (Lipinski definition) is 3. The lowest BCUT2D eigenvalue weighted by Gasteiger charge is -2.05. The van der Waals surface area contributed by atoms with Gasteiger partial charge >= 0.3 is 0 Å². The minimum atomic E-state index is -0.495. The lowest BCUT2D eigenvalue weighted by Crippen LogP contribution is -2.27. The Morgan fingerprint density at radius 2 is 2.38 bits per heavy atom. The van der Waals surface area contributed by atoms with Crippen LogP contribution in [0.5, 0.6) is 0 Å². The number of rotatable bonds is 1. The van der Waals surface area contributed by atoms with Crippen LogP contribution in [0.15, 0.2) is 17.1 Å². The Labute approximate surface area is 72.9 Å². The SMILES string of the molecule is O=c1cc2c(c[nH]1)CCN2[N+](=O)[O-]. The summed E-state index contributed by atoms with van der Waals surface area (Å²) in [6, 6.07) is 1.26. The maximum absolute atomic E-state index is 10.9. The van der Waals surface area contributed by atoms with Crippen molar-refractivity contribution in [3.8, 4) is 0 Å². The number of hydrazine groups is 1. The molecule has 0 fully saturated rings. The van der Waals surface area contributed by atoms with Gasteiger partial charge in [0, 0.05) is 12.3 Å². The Kier molecular flexibility index (Phi) is 1.54. The minimum absolute atomic E-state index is 0.312. The molecular formula is C7H7N3O3. The molecule has 2 heterocycles. The quantitative estimate of drug-likeness (QED) is 0.485. The highest BCUT2D eigenvalue weighted by atomic mass is 16.7. The minimum Gasteiger partial charge on any atom is -0.329 e. The van der Waals surface area contributed by atoms with Crippen molar-refractivity contribution in [2.45, 2.75) is 6.42 Å². The molecule has 0 unspecified atom stereocenters. The Balaban J connectivity index is 2.52. The molecule has 0 atom stereocenters. The summed E-state index contributed by atoms with van der Waals surface area (Å²) < 4.78 is 0. The second-order valence-corrected chi connectivity index (χ2v) is 2.82. The van der Waals surface area contributed by atoms with Gasteiger partial charge in [0.2, 0.25) is 5.56 Å². The van der Waals surface area contributed by atoms with Crippen LogP contribution in [0.4, 0.5) is 5.69 Å². The summed E-state index contributed by atoms with van der Waals surface area (Å²) in [6.07, 6.45) is 2.13. The molecule has 0 spiro atoms. The zero-order valence-electron chi connectivity index (χ0n) is 6.69. The number of nitro groups is 1. The van der Waals surface area contributed by atoms with E-state index in [1.54, 1.807) is 0 Å². The van der Waals surface area contributed by atoms with Crippen LogP contribution in [-0.2, 0) is 6.42 Å². The molecule has 0 amide bonds. The summed E-state index contributed by atoms with van der Waals surface area (Å²) in [5.41, 5.74) is 0.914. The number of aromatic nitrogens is 1. The molecule has 1 aromatic rings. The highest BCUT2D eigenvalue weighted by Gasteiger charge is 2.27. The van der Waals surface area contributed by atoms with Gasteiger partial charge in [-0.05, 0) is 12.0 Å². The van der Waals surface area contributed by atoms with Gasteiger partial charge in [0.15, 0.2) is 5.03 Å². The van der Waals surface area contributed by atoms with Crippen molar-refractivity contribution >= 4 is 5.69 Å². The Morgan fingerprint density at radius 3 is 3.08 bits per heavy atom. The van der Waals surface area contributed by atoms with Crippen molar-refractivity contribution in [2.24, 2.45) is 0 Å². The van der Waals surface area contributed by atoms with Gasteiger partial charge < -0.3 is 4.98 Å². The van der Waals surface area contributed by atoms with Crippen LogP contribution in [0.25, 0.3) is 0 Å². The predicted molar refractivity (Wildman–Crippen MR) is 45.1 cm³/mol. The fourth-order valence-electron chi connectivity index (χ4n) is 1.45. The molecule has 6 nitrogen and oxygen atoms in total. The van der Waals surface area contributed by atoms with Gasteiger partial charge in [-0.2, -0.15) is 0 Å². The molecule has 6 heteroatoms. The van der Waals surface area contributed by atoms with Gasteiger partial charge in [-0.15, -0.1) is 0 Å². The van der Waals surface area contributed by atoms with Crippen LogP contribution >= 0.6 is 0 Å². The molecule has 1 N–H and O–H groups in total. The van der Waals surface area contributed by atoms with Crippen LogP contribution in [-0.4, -0.2) is 16.6 Å². The van der Waals surface area contributed by atoms with E-state index in [0.717, 1.165) is 10.6 Å². The molecule has 0 aliphatic carbocycles. The van der Waals surface area contributed by atoms with E-state index in [9.17, 15) is 14.9 Å². The molecule has 68 valence electrons. The second-order valence-electron chi connectivity index (χ2n) is 2.82. The number of H-pyrrole nitrogens is 1. The number of nitrogens with zero attached hydrogens (tertiary/aromatic N) is 2.